The second-order valence-corrected chi connectivity index (χ2v) is 6.16. The van der Waals surface area contributed by atoms with Crippen molar-refractivity contribution in [3.63, 3.8) is 0 Å². The third-order valence-electron chi connectivity index (χ3n) is 4.32. The summed E-state index contributed by atoms with van der Waals surface area (Å²) in [4.78, 5) is 12.4. The fourth-order valence-electron chi connectivity index (χ4n) is 2.94. The van der Waals surface area contributed by atoms with Crippen LogP contribution in [0, 0.1) is 0 Å². The highest BCUT2D eigenvalue weighted by Crippen LogP contribution is 2.13. The quantitative estimate of drug-likeness (QED) is 0.574. The number of rotatable bonds is 6. The van der Waals surface area contributed by atoms with Crippen molar-refractivity contribution in [3.8, 4) is 5.75 Å². The summed E-state index contributed by atoms with van der Waals surface area (Å²) in [6, 6.07) is 19.6. The Bertz CT molecular complexity index is 894. The van der Waals surface area contributed by atoms with Crippen molar-refractivity contribution in [3.05, 3.63) is 66.7 Å². The molecule has 3 aromatic rings. The Morgan fingerprint density at radius 1 is 1.04 bits per heavy atom. The number of phenolic OH excluding ortho intramolecular Hbond substituents is 1. The van der Waals surface area contributed by atoms with Gasteiger partial charge in [0, 0.05) is 0 Å². The topological polar surface area (TPSA) is 98.6 Å². The van der Waals surface area contributed by atoms with Gasteiger partial charge < -0.3 is 21.2 Å². The monoisotopic (exact) mass is 348 g/mol. The molecule has 0 amide bonds. The summed E-state index contributed by atoms with van der Waals surface area (Å²) < 4.78 is 5.78. The fourth-order valence-corrected chi connectivity index (χ4v) is 2.94. The van der Waals surface area contributed by atoms with E-state index < -0.39 is 18.9 Å². The standard InChI is InChI=1S/C20H21BN2O3/c22-13-12-19(23)20(25)26-21(15-8-10-16(24)11-9-15)18-7-3-5-14-4-1-2-6-17(14)18/h1-11,19,24H,12-13,22-23H2. The average Bonchev–Trinajstić information content (AvgIpc) is 2.66. The van der Waals surface area contributed by atoms with Crippen molar-refractivity contribution < 1.29 is 14.6 Å². The number of carbonyl (C=O) groups excluding carboxylic acids is 1. The minimum absolute atomic E-state index is 0.150. The molecule has 132 valence electrons. The summed E-state index contributed by atoms with van der Waals surface area (Å²) >= 11 is 0. The molecule has 1 atom stereocenters. The smallest absolute Gasteiger partial charge is 0.430 e. The first-order valence-electron chi connectivity index (χ1n) is 8.53. The Morgan fingerprint density at radius 3 is 2.46 bits per heavy atom. The highest BCUT2D eigenvalue weighted by atomic mass is 16.5. The van der Waals surface area contributed by atoms with Gasteiger partial charge in [0.05, 0.1) is 0 Å². The first-order chi connectivity index (χ1) is 12.6. The van der Waals surface area contributed by atoms with Crippen molar-refractivity contribution in [2.24, 2.45) is 11.5 Å². The van der Waals surface area contributed by atoms with E-state index in [1.807, 2.05) is 42.5 Å². The van der Waals surface area contributed by atoms with E-state index in [4.69, 9.17) is 16.1 Å². The molecule has 0 saturated carbocycles. The summed E-state index contributed by atoms with van der Waals surface area (Å²) in [6.07, 6.45) is 0.358. The zero-order chi connectivity index (χ0) is 18.5. The third kappa shape index (κ3) is 3.87. The van der Waals surface area contributed by atoms with Gasteiger partial charge in [0.1, 0.15) is 11.8 Å². The van der Waals surface area contributed by atoms with Crippen LogP contribution in [0.5, 0.6) is 5.75 Å². The summed E-state index contributed by atoms with van der Waals surface area (Å²) in [6.45, 7) is -0.313. The van der Waals surface area contributed by atoms with Gasteiger partial charge in [0.15, 0.2) is 0 Å². The molecule has 1 unspecified atom stereocenters. The van der Waals surface area contributed by atoms with Crippen LogP contribution >= 0.6 is 0 Å². The zero-order valence-electron chi connectivity index (χ0n) is 14.3. The van der Waals surface area contributed by atoms with Crippen LogP contribution in [0.2, 0.25) is 0 Å². The molecule has 0 radical (unpaired) electrons. The number of hydrogen-bond acceptors (Lipinski definition) is 5. The van der Waals surface area contributed by atoms with Crippen molar-refractivity contribution >= 4 is 34.6 Å². The number of benzene rings is 3. The number of phenols is 1. The zero-order valence-corrected chi connectivity index (χ0v) is 14.3. The molecule has 0 heterocycles. The molecular weight excluding hydrogens is 327 g/mol. The van der Waals surface area contributed by atoms with Crippen LogP contribution in [0.15, 0.2) is 66.7 Å². The predicted octanol–water partition coefficient (Wildman–Crippen LogP) is 0.870. The summed E-state index contributed by atoms with van der Waals surface area (Å²) in [5.41, 5.74) is 13.0. The second-order valence-electron chi connectivity index (χ2n) is 6.16. The Balaban J connectivity index is 2.05. The lowest BCUT2D eigenvalue weighted by atomic mass is 9.54. The van der Waals surface area contributed by atoms with Crippen LogP contribution in [0.4, 0.5) is 0 Å². The molecule has 0 aliphatic heterocycles. The normalized spacial score (nSPS) is 11.9. The molecule has 5 N–H and O–H groups in total. The molecule has 0 aliphatic rings. The van der Waals surface area contributed by atoms with Crippen molar-refractivity contribution in [1.82, 2.24) is 0 Å². The van der Waals surface area contributed by atoms with Gasteiger partial charge in [-0.1, -0.05) is 54.6 Å². The maximum Gasteiger partial charge on any atom is 0.430 e. The molecular formula is C20H21BN2O3. The second kappa shape index (κ2) is 8.04. The molecule has 0 saturated heterocycles. The largest absolute Gasteiger partial charge is 0.525 e. The van der Waals surface area contributed by atoms with E-state index in [0.29, 0.717) is 13.0 Å². The van der Waals surface area contributed by atoms with Gasteiger partial charge in [-0.25, -0.2) is 0 Å². The van der Waals surface area contributed by atoms with Crippen LogP contribution in [0.25, 0.3) is 10.8 Å². The van der Waals surface area contributed by atoms with E-state index in [-0.39, 0.29) is 5.75 Å². The number of hydrogen-bond donors (Lipinski definition) is 3. The van der Waals surface area contributed by atoms with Gasteiger partial charge in [-0.3, -0.25) is 4.79 Å². The summed E-state index contributed by atoms with van der Waals surface area (Å²) in [5.74, 6) is -0.349. The lowest BCUT2D eigenvalue weighted by molar-refractivity contribution is -0.136. The van der Waals surface area contributed by atoms with Crippen molar-refractivity contribution in [2.45, 2.75) is 12.5 Å². The molecule has 5 nitrogen and oxygen atoms in total. The molecule has 0 fully saturated rings. The Morgan fingerprint density at radius 2 is 1.73 bits per heavy atom. The van der Waals surface area contributed by atoms with E-state index in [0.717, 1.165) is 21.7 Å². The van der Waals surface area contributed by atoms with Gasteiger partial charge in [-0.15, -0.1) is 0 Å². The minimum Gasteiger partial charge on any atom is -0.525 e. The number of nitrogens with two attached hydrogens (primary N) is 2. The number of fused-ring (bicyclic) bond motifs is 1. The highest BCUT2D eigenvalue weighted by molar-refractivity contribution is 6.83. The average molecular weight is 348 g/mol. The maximum atomic E-state index is 12.4. The molecule has 3 aromatic carbocycles. The van der Waals surface area contributed by atoms with Gasteiger partial charge in [-0.2, -0.15) is 0 Å². The van der Waals surface area contributed by atoms with E-state index in [1.54, 1.807) is 24.3 Å². The van der Waals surface area contributed by atoms with E-state index in [2.05, 4.69) is 0 Å². The predicted molar refractivity (Wildman–Crippen MR) is 105 cm³/mol. The molecule has 0 aliphatic carbocycles. The Labute approximate surface area is 152 Å². The molecule has 0 aromatic heterocycles. The maximum absolute atomic E-state index is 12.4. The van der Waals surface area contributed by atoms with Crippen LogP contribution in [0.3, 0.4) is 0 Å². The van der Waals surface area contributed by atoms with E-state index >= 15 is 0 Å². The van der Waals surface area contributed by atoms with Crippen LogP contribution in [-0.2, 0) is 9.45 Å². The minimum atomic E-state index is -0.769. The first-order valence-corrected chi connectivity index (χ1v) is 8.53. The fraction of sp³-hybridized carbons (Fsp3) is 0.150. The number of carbonyl (C=O) groups is 1. The molecule has 3 rings (SSSR count). The number of aromatic hydroxyl groups is 1. The summed E-state index contributed by atoms with van der Waals surface area (Å²) in [7, 11) is 0. The Kier molecular flexibility index (Phi) is 5.56. The lowest BCUT2D eigenvalue weighted by Gasteiger charge is -2.19. The first kappa shape index (κ1) is 18.0. The van der Waals surface area contributed by atoms with E-state index in [9.17, 15) is 9.90 Å². The molecule has 6 heteroatoms. The third-order valence-corrected chi connectivity index (χ3v) is 4.32. The highest BCUT2D eigenvalue weighted by Gasteiger charge is 2.29. The van der Waals surface area contributed by atoms with Gasteiger partial charge in [0.2, 0.25) is 0 Å². The van der Waals surface area contributed by atoms with Crippen molar-refractivity contribution in [1.29, 1.82) is 0 Å². The van der Waals surface area contributed by atoms with Gasteiger partial charge >= 0.3 is 12.9 Å². The lowest BCUT2D eigenvalue weighted by Crippen LogP contribution is -2.49. The van der Waals surface area contributed by atoms with Crippen LogP contribution in [0.1, 0.15) is 6.42 Å². The van der Waals surface area contributed by atoms with Gasteiger partial charge in [0.25, 0.3) is 0 Å². The van der Waals surface area contributed by atoms with Crippen LogP contribution in [-0.4, -0.2) is 30.6 Å². The SMILES string of the molecule is NCCC(N)C(=O)OB(c1ccc(O)cc1)c1cccc2ccccc12. The molecule has 0 spiro atoms. The molecule has 0 bridgehead atoms. The molecule has 26 heavy (non-hydrogen) atoms. The summed E-state index contributed by atoms with van der Waals surface area (Å²) in [5, 5.41) is 11.6. The van der Waals surface area contributed by atoms with E-state index in [1.165, 1.54) is 0 Å². The Hall–Kier alpha value is -2.83. The van der Waals surface area contributed by atoms with Crippen molar-refractivity contribution in [2.75, 3.05) is 6.54 Å². The van der Waals surface area contributed by atoms with Crippen LogP contribution < -0.4 is 22.4 Å². The van der Waals surface area contributed by atoms with Gasteiger partial charge in [-0.05, 0) is 46.8 Å².